The summed E-state index contributed by atoms with van der Waals surface area (Å²) in [4.78, 5) is 27.3. The summed E-state index contributed by atoms with van der Waals surface area (Å²) in [6.07, 6.45) is 2.00. The fourth-order valence-corrected chi connectivity index (χ4v) is 1.72. The van der Waals surface area contributed by atoms with Crippen LogP contribution in [0.15, 0.2) is 24.5 Å². The van der Waals surface area contributed by atoms with Gasteiger partial charge in [0.25, 0.3) is 5.91 Å². The molecule has 5 heteroatoms. The van der Waals surface area contributed by atoms with E-state index in [2.05, 4.69) is 4.98 Å². The van der Waals surface area contributed by atoms with Gasteiger partial charge in [-0.15, -0.1) is 0 Å². The summed E-state index contributed by atoms with van der Waals surface area (Å²) in [5.74, 6) is -0.892. The van der Waals surface area contributed by atoms with Gasteiger partial charge in [-0.05, 0) is 17.7 Å². The molecule has 0 aromatic carbocycles. The van der Waals surface area contributed by atoms with Gasteiger partial charge in [-0.3, -0.25) is 19.5 Å². The first-order valence-electron chi connectivity index (χ1n) is 4.54. The van der Waals surface area contributed by atoms with Crippen LogP contribution in [-0.4, -0.2) is 32.9 Å². The molecule has 1 aliphatic rings. The number of nitrogens with zero attached hydrogens (tertiary/aromatic N) is 2. The van der Waals surface area contributed by atoms with E-state index in [0.717, 1.165) is 4.90 Å². The number of β-lactam (4-membered cyclic amide) rings is 1. The molecular formula is C10H10N2O3. The Bertz CT molecular complexity index is 404. The first-order valence-corrected chi connectivity index (χ1v) is 4.54. The van der Waals surface area contributed by atoms with Crippen molar-refractivity contribution in [3.8, 4) is 0 Å². The van der Waals surface area contributed by atoms with Crippen molar-refractivity contribution in [3.05, 3.63) is 30.1 Å². The molecule has 2 rings (SSSR count). The van der Waals surface area contributed by atoms with Crippen LogP contribution in [0.25, 0.3) is 0 Å². The zero-order valence-electron chi connectivity index (χ0n) is 8.12. The first kappa shape index (κ1) is 9.79. The quantitative estimate of drug-likeness (QED) is 0.650. The zero-order chi connectivity index (χ0) is 11.0. The second-order valence-electron chi connectivity index (χ2n) is 3.40. The summed E-state index contributed by atoms with van der Waals surface area (Å²) in [5, 5.41) is 9.49. The number of aromatic nitrogens is 1. The van der Waals surface area contributed by atoms with E-state index in [1.807, 2.05) is 0 Å². The molecule has 1 aliphatic heterocycles. The fraction of sp³-hybridized carbons (Fsp3) is 0.300. The number of rotatable bonds is 1. The van der Waals surface area contributed by atoms with E-state index >= 15 is 0 Å². The topological polar surface area (TPSA) is 70.5 Å². The highest BCUT2D eigenvalue weighted by Crippen LogP contribution is 2.34. The third kappa shape index (κ3) is 1.41. The van der Waals surface area contributed by atoms with Crippen LogP contribution in [0.5, 0.6) is 0 Å². The van der Waals surface area contributed by atoms with E-state index in [9.17, 15) is 14.7 Å². The van der Waals surface area contributed by atoms with Crippen LogP contribution in [0, 0.1) is 0 Å². The molecule has 1 aromatic heterocycles. The monoisotopic (exact) mass is 206 g/mol. The van der Waals surface area contributed by atoms with Crippen molar-refractivity contribution in [1.29, 1.82) is 0 Å². The van der Waals surface area contributed by atoms with E-state index in [-0.39, 0.29) is 5.91 Å². The normalized spacial score (nSPS) is 24.9. The van der Waals surface area contributed by atoms with Crippen molar-refractivity contribution in [3.63, 3.8) is 0 Å². The van der Waals surface area contributed by atoms with Gasteiger partial charge in [-0.25, -0.2) is 0 Å². The molecule has 0 aliphatic carbocycles. The number of carbonyl (C=O) groups is 2. The van der Waals surface area contributed by atoms with Crippen molar-refractivity contribution in [1.82, 2.24) is 9.88 Å². The molecular weight excluding hydrogens is 196 g/mol. The van der Waals surface area contributed by atoms with Gasteiger partial charge in [0.15, 0.2) is 6.10 Å². The Morgan fingerprint density at radius 3 is 2.60 bits per heavy atom. The SMILES string of the molecule is CC(=O)N1C(=O)C(O)C1c1ccncc1. The van der Waals surface area contributed by atoms with Crippen molar-refractivity contribution < 1.29 is 14.7 Å². The molecule has 15 heavy (non-hydrogen) atoms. The molecule has 78 valence electrons. The van der Waals surface area contributed by atoms with E-state index in [1.165, 1.54) is 6.92 Å². The molecule has 0 radical (unpaired) electrons. The Hall–Kier alpha value is -1.75. The Morgan fingerprint density at radius 2 is 2.07 bits per heavy atom. The van der Waals surface area contributed by atoms with Crippen molar-refractivity contribution >= 4 is 11.8 Å². The Kier molecular flexibility index (Phi) is 2.24. The molecule has 1 fully saturated rings. The van der Waals surface area contributed by atoms with Crippen LogP contribution in [0.3, 0.4) is 0 Å². The minimum atomic E-state index is -1.11. The van der Waals surface area contributed by atoms with Gasteiger partial charge in [-0.1, -0.05) is 0 Å². The van der Waals surface area contributed by atoms with Crippen LogP contribution < -0.4 is 0 Å². The molecule has 0 bridgehead atoms. The van der Waals surface area contributed by atoms with Gasteiger partial charge in [0.2, 0.25) is 5.91 Å². The molecule has 2 atom stereocenters. The second kappa shape index (κ2) is 3.43. The highest BCUT2D eigenvalue weighted by atomic mass is 16.3. The second-order valence-corrected chi connectivity index (χ2v) is 3.40. The van der Waals surface area contributed by atoms with Gasteiger partial charge >= 0.3 is 0 Å². The largest absolute Gasteiger partial charge is 0.381 e. The highest BCUT2D eigenvalue weighted by molar-refractivity contribution is 6.02. The van der Waals surface area contributed by atoms with E-state index in [0.29, 0.717) is 5.56 Å². The number of hydrogen-bond donors (Lipinski definition) is 1. The van der Waals surface area contributed by atoms with Gasteiger partial charge in [0.1, 0.15) is 0 Å². The number of pyridine rings is 1. The molecule has 5 nitrogen and oxygen atoms in total. The predicted molar refractivity (Wildman–Crippen MR) is 50.5 cm³/mol. The first-order chi connectivity index (χ1) is 7.13. The van der Waals surface area contributed by atoms with E-state index in [1.54, 1.807) is 24.5 Å². The lowest BCUT2D eigenvalue weighted by Gasteiger charge is -2.42. The number of amides is 2. The number of imide groups is 1. The minimum Gasteiger partial charge on any atom is -0.381 e. The smallest absolute Gasteiger partial charge is 0.261 e. The average Bonchev–Trinajstić information content (AvgIpc) is 2.25. The molecule has 0 spiro atoms. The lowest BCUT2D eigenvalue weighted by molar-refractivity contribution is -0.174. The molecule has 0 saturated carbocycles. The van der Waals surface area contributed by atoms with Gasteiger partial charge in [0.05, 0.1) is 6.04 Å². The minimum absolute atomic E-state index is 0.355. The molecule has 2 amide bonds. The maximum atomic E-state index is 11.2. The Labute approximate surface area is 86.3 Å². The Balaban J connectivity index is 2.30. The van der Waals surface area contributed by atoms with Crippen molar-refractivity contribution in [2.45, 2.75) is 19.1 Å². The number of likely N-dealkylation sites (tertiary alicyclic amines) is 1. The van der Waals surface area contributed by atoms with E-state index in [4.69, 9.17) is 0 Å². The molecule has 2 unspecified atom stereocenters. The number of aliphatic hydroxyl groups is 1. The van der Waals surface area contributed by atoms with Gasteiger partial charge in [-0.2, -0.15) is 0 Å². The highest BCUT2D eigenvalue weighted by Gasteiger charge is 2.49. The lowest BCUT2D eigenvalue weighted by Crippen LogP contribution is -2.60. The van der Waals surface area contributed by atoms with Crippen LogP contribution in [0.4, 0.5) is 0 Å². The van der Waals surface area contributed by atoms with Crippen LogP contribution in [-0.2, 0) is 9.59 Å². The van der Waals surface area contributed by atoms with E-state index < -0.39 is 18.1 Å². The van der Waals surface area contributed by atoms with Crippen molar-refractivity contribution in [2.24, 2.45) is 0 Å². The summed E-state index contributed by atoms with van der Waals surface area (Å²) in [6, 6.07) is 2.80. The summed E-state index contributed by atoms with van der Waals surface area (Å²) in [6.45, 7) is 1.30. The summed E-state index contributed by atoms with van der Waals surface area (Å²) in [7, 11) is 0. The number of aliphatic hydroxyl groups excluding tert-OH is 1. The third-order valence-corrected chi connectivity index (χ3v) is 2.45. The van der Waals surface area contributed by atoms with Crippen molar-refractivity contribution in [2.75, 3.05) is 0 Å². The summed E-state index contributed by atoms with van der Waals surface area (Å²) in [5.41, 5.74) is 0.715. The van der Waals surface area contributed by atoms with Crippen LogP contribution in [0.1, 0.15) is 18.5 Å². The lowest BCUT2D eigenvalue weighted by atomic mass is 9.91. The van der Waals surface area contributed by atoms with Crippen LogP contribution in [0.2, 0.25) is 0 Å². The summed E-state index contributed by atoms with van der Waals surface area (Å²) < 4.78 is 0. The van der Waals surface area contributed by atoms with Crippen LogP contribution >= 0.6 is 0 Å². The maximum absolute atomic E-state index is 11.2. The predicted octanol–water partition coefficient (Wildman–Crippen LogP) is -0.128. The maximum Gasteiger partial charge on any atom is 0.261 e. The molecule has 1 aromatic rings. The zero-order valence-corrected chi connectivity index (χ0v) is 8.12. The third-order valence-electron chi connectivity index (χ3n) is 2.45. The Morgan fingerprint density at radius 1 is 1.47 bits per heavy atom. The average molecular weight is 206 g/mol. The summed E-state index contributed by atoms with van der Waals surface area (Å²) >= 11 is 0. The molecule has 1 saturated heterocycles. The number of hydrogen-bond acceptors (Lipinski definition) is 4. The molecule has 1 N–H and O–H groups in total. The standard InChI is InChI=1S/C10H10N2O3/c1-6(13)12-8(9(14)10(12)15)7-2-4-11-5-3-7/h2-5,8-9,14H,1H3. The van der Waals surface area contributed by atoms with Gasteiger partial charge < -0.3 is 5.11 Å². The molecule has 2 heterocycles. The number of carbonyl (C=O) groups excluding carboxylic acids is 2. The van der Waals surface area contributed by atoms with Gasteiger partial charge in [0, 0.05) is 19.3 Å². The fourth-order valence-electron chi connectivity index (χ4n) is 1.72.